The summed E-state index contributed by atoms with van der Waals surface area (Å²) in [6, 6.07) is 14.3. The van der Waals surface area contributed by atoms with Crippen LogP contribution in [0.4, 0.5) is 5.69 Å². The number of aliphatic carboxylic acids is 1. The van der Waals surface area contributed by atoms with Gasteiger partial charge in [0.25, 0.3) is 5.91 Å². The molecule has 0 saturated carbocycles. The van der Waals surface area contributed by atoms with Crippen molar-refractivity contribution in [3.8, 4) is 17.2 Å². The van der Waals surface area contributed by atoms with Crippen molar-refractivity contribution in [3.05, 3.63) is 107 Å². The third-order valence-electron chi connectivity index (χ3n) is 10.2. The van der Waals surface area contributed by atoms with Gasteiger partial charge in [0.2, 0.25) is 5.79 Å². The Morgan fingerprint density at radius 3 is 2.54 bits per heavy atom. The van der Waals surface area contributed by atoms with Gasteiger partial charge in [0, 0.05) is 47.9 Å². The van der Waals surface area contributed by atoms with E-state index in [-0.39, 0.29) is 30.0 Å². The van der Waals surface area contributed by atoms with Crippen LogP contribution in [0, 0.1) is 0 Å². The second-order valence-electron chi connectivity index (χ2n) is 13.4. The Kier molecular flexibility index (Phi) is 9.50. The highest BCUT2D eigenvalue weighted by Crippen LogP contribution is 2.55. The Morgan fingerprint density at radius 2 is 1.83 bits per heavy atom. The second kappa shape index (κ2) is 14.1. The number of fused-ring (bicyclic) bond motifs is 3. The molecule has 8 N–H and O–H groups in total. The van der Waals surface area contributed by atoms with E-state index in [1.54, 1.807) is 18.3 Å². The van der Waals surface area contributed by atoms with Crippen molar-refractivity contribution in [1.29, 1.82) is 0 Å². The average Bonchev–Trinajstić information content (AvgIpc) is 3.78. The van der Waals surface area contributed by atoms with Crippen molar-refractivity contribution >= 4 is 23.6 Å². The first-order valence-electron chi connectivity index (χ1n) is 17.0. The van der Waals surface area contributed by atoms with Crippen LogP contribution in [0.2, 0.25) is 0 Å². The molecular formula is C38H39N3O11. The number of phenolic OH excluding ortho intramolecular Hbond substituents is 2. The number of phenols is 2. The third kappa shape index (κ3) is 6.28. The zero-order valence-corrected chi connectivity index (χ0v) is 27.9. The van der Waals surface area contributed by atoms with Crippen LogP contribution in [-0.4, -0.2) is 100 Å². The zero-order valence-electron chi connectivity index (χ0n) is 27.9. The molecule has 4 aromatic rings. The number of anilines is 1. The van der Waals surface area contributed by atoms with Crippen LogP contribution in [-0.2, 0) is 33.6 Å². The molecule has 52 heavy (non-hydrogen) atoms. The molecule has 3 aromatic carbocycles. The van der Waals surface area contributed by atoms with Gasteiger partial charge in [-0.05, 0) is 60.2 Å². The van der Waals surface area contributed by atoms with Crippen LogP contribution in [0.5, 0.6) is 17.2 Å². The molecular weight excluding hydrogens is 674 g/mol. The van der Waals surface area contributed by atoms with E-state index < -0.39 is 66.4 Å². The minimum Gasteiger partial charge on any atom is -0.508 e. The number of carboxylic acids is 1. The number of hydrogen-bond donors (Lipinski definition) is 8. The fourth-order valence-corrected chi connectivity index (χ4v) is 7.64. The van der Waals surface area contributed by atoms with E-state index in [0.29, 0.717) is 41.5 Å². The Balaban J connectivity index is 1.28. The van der Waals surface area contributed by atoms with Gasteiger partial charge in [-0.3, -0.25) is 9.69 Å². The molecule has 7 rings (SSSR count). The summed E-state index contributed by atoms with van der Waals surface area (Å²) in [5.41, 5.74) is 3.88. The fraction of sp³-hybridized carbons (Fsp3) is 0.342. The van der Waals surface area contributed by atoms with E-state index >= 15 is 0 Å². The number of aliphatic hydroxyl groups excluding tert-OH is 4. The fourth-order valence-electron chi connectivity index (χ4n) is 7.64. The van der Waals surface area contributed by atoms with Crippen LogP contribution in [0.3, 0.4) is 0 Å². The summed E-state index contributed by atoms with van der Waals surface area (Å²) < 4.78 is 11.9. The van der Waals surface area contributed by atoms with Crippen molar-refractivity contribution in [2.75, 3.05) is 11.5 Å². The number of nitrogens with zero attached hydrogens (tertiary/aromatic N) is 2. The molecule has 1 spiro atoms. The third-order valence-corrected chi connectivity index (χ3v) is 10.2. The molecule has 3 aliphatic heterocycles. The summed E-state index contributed by atoms with van der Waals surface area (Å²) in [5, 5.41) is 74.3. The van der Waals surface area contributed by atoms with E-state index in [9.17, 15) is 45.3 Å². The Labute approximate surface area is 297 Å². The Bertz CT molecular complexity index is 1980. The number of carboxylic acid groups (broad SMARTS) is 1. The maximum absolute atomic E-state index is 14.3. The van der Waals surface area contributed by atoms with Gasteiger partial charge in [-0.1, -0.05) is 36.4 Å². The minimum atomic E-state index is -1.97. The van der Waals surface area contributed by atoms with Gasteiger partial charge in [0.1, 0.15) is 36.2 Å². The molecule has 0 radical (unpaired) electrons. The number of nitrogens with one attached hydrogen (secondary N) is 1. The number of aromatic amines is 1. The molecule has 7 unspecified atom stereocenters. The summed E-state index contributed by atoms with van der Waals surface area (Å²) in [6.07, 6.45) is 0.552. The number of aromatic nitrogens is 2. The van der Waals surface area contributed by atoms with Gasteiger partial charge in [-0.25, -0.2) is 9.78 Å². The van der Waals surface area contributed by atoms with Crippen LogP contribution in [0.1, 0.15) is 52.3 Å². The van der Waals surface area contributed by atoms with Crippen molar-refractivity contribution < 1.29 is 54.8 Å². The number of benzene rings is 3. The van der Waals surface area contributed by atoms with Gasteiger partial charge in [-0.15, -0.1) is 0 Å². The summed E-state index contributed by atoms with van der Waals surface area (Å²) >= 11 is 0. The van der Waals surface area contributed by atoms with Crippen molar-refractivity contribution in [2.45, 2.75) is 74.3 Å². The highest BCUT2D eigenvalue weighted by atomic mass is 16.7. The summed E-state index contributed by atoms with van der Waals surface area (Å²) in [4.78, 5) is 35.6. The monoisotopic (exact) mass is 713 g/mol. The molecule has 0 bridgehead atoms. The largest absolute Gasteiger partial charge is 0.508 e. The molecule has 4 heterocycles. The van der Waals surface area contributed by atoms with E-state index in [1.807, 2.05) is 30.3 Å². The number of carbonyl (C=O) groups is 2. The predicted octanol–water partition coefficient (Wildman–Crippen LogP) is 2.14. The van der Waals surface area contributed by atoms with Crippen molar-refractivity contribution in [2.24, 2.45) is 0 Å². The van der Waals surface area contributed by atoms with E-state index in [0.717, 1.165) is 11.3 Å². The lowest BCUT2D eigenvalue weighted by atomic mass is 9.84. The number of imidazole rings is 1. The predicted molar refractivity (Wildman–Crippen MR) is 185 cm³/mol. The summed E-state index contributed by atoms with van der Waals surface area (Å²) in [6.45, 7) is -0.692. The number of carbonyl (C=O) groups excluding carboxylic acids is 1. The summed E-state index contributed by atoms with van der Waals surface area (Å²) in [7, 11) is 0. The number of H-pyrrole nitrogens is 1. The average molecular weight is 714 g/mol. The van der Waals surface area contributed by atoms with Crippen LogP contribution in [0.15, 0.2) is 73.2 Å². The Morgan fingerprint density at radius 1 is 1.04 bits per heavy atom. The first-order chi connectivity index (χ1) is 25.0. The van der Waals surface area contributed by atoms with Gasteiger partial charge in [0.15, 0.2) is 11.5 Å². The molecule has 1 aromatic heterocycles. The smallest absolute Gasteiger partial charge is 0.327 e. The number of aromatic hydroxyl groups is 2. The molecule has 3 aliphatic rings. The first-order valence-corrected chi connectivity index (χ1v) is 17.0. The normalized spacial score (nSPS) is 26.7. The van der Waals surface area contributed by atoms with Gasteiger partial charge < -0.3 is 50.2 Å². The number of aliphatic hydroxyl groups is 4. The lowest BCUT2D eigenvalue weighted by Crippen LogP contribution is -2.68. The first kappa shape index (κ1) is 35.2. The van der Waals surface area contributed by atoms with Crippen molar-refractivity contribution in [3.63, 3.8) is 0 Å². The number of aryl methyl sites for hydroxylation is 1. The van der Waals surface area contributed by atoms with Crippen LogP contribution < -0.4 is 9.64 Å². The number of amides is 1. The second-order valence-corrected chi connectivity index (χ2v) is 13.4. The van der Waals surface area contributed by atoms with Crippen molar-refractivity contribution in [1.82, 2.24) is 9.97 Å². The molecule has 1 fully saturated rings. The Hall–Kier alpha value is -5.25. The maximum atomic E-state index is 14.3. The van der Waals surface area contributed by atoms with Crippen LogP contribution in [0.25, 0.3) is 6.08 Å². The molecule has 14 nitrogen and oxygen atoms in total. The SMILES string of the molecule is O=C(O)C1C(CCc2ccccc2)c2cc(O)c3c(c2N1C(=O)C=Cc1ccc(O)c(Cc2cnc[nH]2)c1)CCC1(O3)OC(CO)C(O)C(O)C1O. The highest BCUT2D eigenvalue weighted by Gasteiger charge is 2.58. The summed E-state index contributed by atoms with van der Waals surface area (Å²) in [5.74, 6) is -5.12. The van der Waals surface area contributed by atoms with Gasteiger partial charge in [-0.2, -0.15) is 0 Å². The van der Waals surface area contributed by atoms with Gasteiger partial charge >= 0.3 is 5.97 Å². The maximum Gasteiger partial charge on any atom is 0.327 e. The van der Waals surface area contributed by atoms with E-state index in [1.165, 1.54) is 35.5 Å². The quantitative estimate of drug-likeness (QED) is 0.117. The molecule has 0 aliphatic carbocycles. The molecule has 272 valence electrons. The standard InChI is InChI=1S/C38H39N3O11/c42-18-29-33(46)34(47)36(48)38(51-29)13-12-25-31-26(16-28(44)35(25)52-38)24(9-6-20-4-2-1-3-5-20)32(37(49)50)41(31)30(45)11-8-21-7-10-27(43)22(14-21)15-23-17-39-19-40-23/h1-5,7-8,10-11,14,16-17,19,24,29,32-34,36,42-44,46-48H,6,9,12-13,15,18H2,(H,39,40)(H,49,50). The highest BCUT2D eigenvalue weighted by molar-refractivity contribution is 6.10. The minimum absolute atomic E-state index is 0.00422. The van der Waals surface area contributed by atoms with Crippen LogP contribution >= 0.6 is 0 Å². The van der Waals surface area contributed by atoms with E-state index in [2.05, 4.69) is 9.97 Å². The molecule has 1 amide bonds. The molecule has 7 atom stereocenters. The molecule has 14 heteroatoms. The molecule has 1 saturated heterocycles. The lowest BCUT2D eigenvalue weighted by Gasteiger charge is -2.50. The lowest BCUT2D eigenvalue weighted by molar-refractivity contribution is -0.342. The topological polar surface area (TPSA) is 226 Å². The van der Waals surface area contributed by atoms with E-state index in [4.69, 9.17) is 9.47 Å². The van der Waals surface area contributed by atoms with Gasteiger partial charge in [0.05, 0.1) is 18.6 Å². The number of ether oxygens (including phenoxy) is 2. The number of rotatable bonds is 9. The number of hydrogen-bond acceptors (Lipinski definition) is 11. The zero-order chi connectivity index (χ0) is 36.7.